The molecule has 2 rings (SSSR count). The average molecular weight is 273 g/mol. The number of nitrogens with one attached hydrogen (secondary N) is 1. The summed E-state index contributed by atoms with van der Waals surface area (Å²) in [5.74, 6) is 2.39. The van der Waals surface area contributed by atoms with Crippen LogP contribution in [0.15, 0.2) is 0 Å². The standard InChI is InChI=1S/C14H27NO2S/c1-11(2)12-4-3-5-13(7-6-12)15-14-8-9-18(16,17)10-14/h11-15H,3-10H2,1-2H3. The van der Waals surface area contributed by atoms with E-state index in [2.05, 4.69) is 19.2 Å². The molecule has 2 fully saturated rings. The van der Waals surface area contributed by atoms with Crippen LogP contribution < -0.4 is 5.32 Å². The predicted octanol–water partition coefficient (Wildman–Crippen LogP) is 2.37. The first-order valence-electron chi connectivity index (χ1n) is 7.43. The van der Waals surface area contributed by atoms with E-state index in [1.165, 1.54) is 32.1 Å². The molecule has 1 saturated carbocycles. The monoisotopic (exact) mass is 273 g/mol. The summed E-state index contributed by atoms with van der Waals surface area (Å²) >= 11 is 0. The molecule has 3 unspecified atom stereocenters. The Morgan fingerprint density at radius 1 is 1.00 bits per heavy atom. The van der Waals surface area contributed by atoms with Gasteiger partial charge in [0.15, 0.2) is 9.84 Å². The van der Waals surface area contributed by atoms with Crippen LogP contribution in [0.25, 0.3) is 0 Å². The van der Waals surface area contributed by atoms with Crippen LogP contribution in [-0.4, -0.2) is 32.0 Å². The van der Waals surface area contributed by atoms with E-state index in [-0.39, 0.29) is 6.04 Å². The minimum absolute atomic E-state index is 0.218. The third-order valence-electron chi connectivity index (χ3n) is 4.66. The van der Waals surface area contributed by atoms with Crippen LogP contribution in [0.4, 0.5) is 0 Å². The lowest BCUT2D eigenvalue weighted by Gasteiger charge is -2.21. The van der Waals surface area contributed by atoms with Gasteiger partial charge in [-0.2, -0.15) is 0 Å². The van der Waals surface area contributed by atoms with Gasteiger partial charge in [-0.25, -0.2) is 8.42 Å². The van der Waals surface area contributed by atoms with Crippen LogP contribution in [-0.2, 0) is 9.84 Å². The van der Waals surface area contributed by atoms with Crippen molar-refractivity contribution in [2.45, 2.75) is 64.5 Å². The van der Waals surface area contributed by atoms with Crippen molar-refractivity contribution in [3.05, 3.63) is 0 Å². The molecular formula is C14H27NO2S. The SMILES string of the molecule is CC(C)C1CCCC(NC2CCS(=O)(=O)C2)CC1. The molecule has 3 atom stereocenters. The largest absolute Gasteiger partial charge is 0.310 e. The summed E-state index contributed by atoms with van der Waals surface area (Å²) in [4.78, 5) is 0. The molecular weight excluding hydrogens is 246 g/mol. The Labute approximate surface area is 112 Å². The maximum Gasteiger partial charge on any atom is 0.151 e. The van der Waals surface area contributed by atoms with E-state index in [4.69, 9.17) is 0 Å². The molecule has 1 saturated heterocycles. The van der Waals surface area contributed by atoms with E-state index in [1.807, 2.05) is 0 Å². The second-order valence-electron chi connectivity index (χ2n) is 6.48. The average Bonchev–Trinajstić information content (AvgIpc) is 2.51. The van der Waals surface area contributed by atoms with Crippen LogP contribution in [0.3, 0.4) is 0 Å². The van der Waals surface area contributed by atoms with E-state index in [9.17, 15) is 8.42 Å². The smallest absolute Gasteiger partial charge is 0.151 e. The Kier molecular flexibility index (Phi) is 4.70. The number of rotatable bonds is 3. The molecule has 1 heterocycles. The Morgan fingerprint density at radius 2 is 1.78 bits per heavy atom. The fourth-order valence-corrected chi connectivity index (χ4v) is 5.11. The van der Waals surface area contributed by atoms with Crippen LogP contribution >= 0.6 is 0 Å². The maximum atomic E-state index is 11.5. The summed E-state index contributed by atoms with van der Waals surface area (Å²) in [5.41, 5.74) is 0. The quantitative estimate of drug-likeness (QED) is 0.803. The van der Waals surface area contributed by atoms with E-state index in [0.717, 1.165) is 18.3 Å². The van der Waals surface area contributed by atoms with Gasteiger partial charge in [0, 0.05) is 12.1 Å². The van der Waals surface area contributed by atoms with E-state index >= 15 is 0 Å². The third-order valence-corrected chi connectivity index (χ3v) is 6.43. The molecule has 1 aliphatic carbocycles. The highest BCUT2D eigenvalue weighted by Gasteiger charge is 2.30. The summed E-state index contributed by atoms with van der Waals surface area (Å²) in [6.07, 6.45) is 7.19. The second-order valence-corrected chi connectivity index (χ2v) is 8.70. The fraction of sp³-hybridized carbons (Fsp3) is 1.00. The van der Waals surface area contributed by atoms with Gasteiger partial charge in [0.1, 0.15) is 0 Å². The van der Waals surface area contributed by atoms with E-state index < -0.39 is 9.84 Å². The van der Waals surface area contributed by atoms with Gasteiger partial charge in [0.25, 0.3) is 0 Å². The van der Waals surface area contributed by atoms with Crippen molar-refractivity contribution in [2.24, 2.45) is 11.8 Å². The van der Waals surface area contributed by atoms with Gasteiger partial charge in [0.2, 0.25) is 0 Å². The fourth-order valence-electron chi connectivity index (χ4n) is 3.42. The van der Waals surface area contributed by atoms with Crippen LogP contribution in [0.2, 0.25) is 0 Å². The molecule has 0 aromatic carbocycles. The highest BCUT2D eigenvalue weighted by Crippen LogP contribution is 2.29. The summed E-state index contributed by atoms with van der Waals surface area (Å²) in [6.45, 7) is 4.64. The molecule has 0 aromatic heterocycles. The van der Waals surface area contributed by atoms with Crippen molar-refractivity contribution < 1.29 is 8.42 Å². The van der Waals surface area contributed by atoms with Gasteiger partial charge in [-0.3, -0.25) is 0 Å². The van der Waals surface area contributed by atoms with E-state index in [1.54, 1.807) is 0 Å². The van der Waals surface area contributed by atoms with Crippen molar-refractivity contribution >= 4 is 9.84 Å². The molecule has 0 spiro atoms. The summed E-state index contributed by atoms with van der Waals surface area (Å²) in [6, 6.07) is 0.766. The van der Waals surface area contributed by atoms with Crippen molar-refractivity contribution in [1.29, 1.82) is 0 Å². The molecule has 3 nitrogen and oxygen atoms in total. The van der Waals surface area contributed by atoms with Crippen molar-refractivity contribution in [1.82, 2.24) is 5.32 Å². The Hall–Kier alpha value is -0.0900. The first-order valence-corrected chi connectivity index (χ1v) is 9.25. The normalized spacial score (nSPS) is 36.7. The predicted molar refractivity (Wildman–Crippen MR) is 75.4 cm³/mol. The Morgan fingerprint density at radius 3 is 2.39 bits per heavy atom. The summed E-state index contributed by atoms with van der Waals surface area (Å²) < 4.78 is 22.9. The van der Waals surface area contributed by atoms with E-state index in [0.29, 0.717) is 17.5 Å². The van der Waals surface area contributed by atoms with Gasteiger partial charge >= 0.3 is 0 Å². The zero-order valence-electron chi connectivity index (χ0n) is 11.7. The Bertz CT molecular complexity index is 364. The van der Waals surface area contributed by atoms with Gasteiger partial charge in [0.05, 0.1) is 11.5 Å². The molecule has 4 heteroatoms. The van der Waals surface area contributed by atoms with Crippen LogP contribution in [0.5, 0.6) is 0 Å². The van der Waals surface area contributed by atoms with Gasteiger partial charge in [-0.05, 0) is 37.5 Å². The first kappa shape index (κ1) is 14.3. The number of sulfone groups is 1. The second kappa shape index (κ2) is 5.91. The lowest BCUT2D eigenvalue weighted by atomic mass is 9.89. The summed E-state index contributed by atoms with van der Waals surface area (Å²) in [7, 11) is -2.74. The molecule has 0 amide bonds. The van der Waals surface area contributed by atoms with Crippen molar-refractivity contribution in [2.75, 3.05) is 11.5 Å². The molecule has 18 heavy (non-hydrogen) atoms. The van der Waals surface area contributed by atoms with Crippen molar-refractivity contribution in [3.63, 3.8) is 0 Å². The van der Waals surface area contributed by atoms with Gasteiger partial charge < -0.3 is 5.32 Å². The molecule has 2 aliphatic rings. The topological polar surface area (TPSA) is 46.2 Å². The lowest BCUT2D eigenvalue weighted by Crippen LogP contribution is -2.38. The summed E-state index contributed by atoms with van der Waals surface area (Å²) in [5, 5.41) is 3.59. The number of hydrogen-bond donors (Lipinski definition) is 1. The minimum atomic E-state index is -2.74. The van der Waals surface area contributed by atoms with Crippen molar-refractivity contribution in [3.8, 4) is 0 Å². The molecule has 0 bridgehead atoms. The zero-order valence-corrected chi connectivity index (χ0v) is 12.5. The molecule has 1 N–H and O–H groups in total. The lowest BCUT2D eigenvalue weighted by molar-refractivity contribution is 0.335. The molecule has 0 aromatic rings. The van der Waals surface area contributed by atoms with Crippen LogP contribution in [0, 0.1) is 11.8 Å². The Balaban J connectivity index is 1.81. The van der Waals surface area contributed by atoms with Crippen LogP contribution in [0.1, 0.15) is 52.4 Å². The zero-order chi connectivity index (χ0) is 13.2. The highest BCUT2D eigenvalue weighted by molar-refractivity contribution is 7.91. The van der Waals surface area contributed by atoms with Gasteiger partial charge in [-0.1, -0.05) is 26.7 Å². The van der Waals surface area contributed by atoms with Gasteiger partial charge in [-0.15, -0.1) is 0 Å². The molecule has 1 aliphatic heterocycles. The maximum absolute atomic E-state index is 11.5. The third kappa shape index (κ3) is 3.95. The number of hydrogen-bond acceptors (Lipinski definition) is 3. The minimum Gasteiger partial charge on any atom is -0.310 e. The molecule has 106 valence electrons. The molecule has 0 radical (unpaired) electrons. The highest BCUT2D eigenvalue weighted by atomic mass is 32.2. The first-order chi connectivity index (χ1) is 8.46.